The minimum Gasteiger partial charge on any atom is -0.346 e. The molecular weight excluding hydrogens is 201 g/mol. The third kappa shape index (κ3) is 1.62. The average Bonchev–Trinajstić information content (AvgIpc) is 2.59. The van der Waals surface area contributed by atoms with Crippen LogP contribution in [0.5, 0.6) is 0 Å². The Bertz CT molecular complexity index is 436. The van der Waals surface area contributed by atoms with Crippen LogP contribution in [0.3, 0.4) is 0 Å². The number of para-hydroxylation sites is 1. The van der Waals surface area contributed by atoms with E-state index in [-0.39, 0.29) is 6.67 Å². The lowest BCUT2D eigenvalue weighted by Crippen LogP contribution is -1.96. The third-order valence-electron chi connectivity index (χ3n) is 2.27. The molecule has 3 heteroatoms. The molecule has 1 heterocycles. The highest BCUT2D eigenvalue weighted by Crippen LogP contribution is 2.24. The van der Waals surface area contributed by atoms with Gasteiger partial charge in [0.15, 0.2) is 0 Å². The van der Waals surface area contributed by atoms with Gasteiger partial charge in [-0.2, -0.15) is 0 Å². The Hall–Kier alpha value is -1.02. The summed E-state index contributed by atoms with van der Waals surface area (Å²) in [6.07, 6.45) is 2.49. The van der Waals surface area contributed by atoms with Gasteiger partial charge in [0.2, 0.25) is 0 Å². The summed E-state index contributed by atoms with van der Waals surface area (Å²) in [5.74, 6) is 0. The molecule has 14 heavy (non-hydrogen) atoms. The summed E-state index contributed by atoms with van der Waals surface area (Å²) in [5, 5.41) is 1.84. The highest BCUT2D eigenvalue weighted by molar-refractivity contribution is 6.35. The topological polar surface area (TPSA) is 4.93 Å². The number of rotatable bonds is 3. The van der Waals surface area contributed by atoms with E-state index in [9.17, 15) is 4.39 Å². The number of halogens is 2. The molecule has 0 saturated heterocycles. The summed E-state index contributed by atoms with van der Waals surface area (Å²) in [6.45, 7) is 0.397. The average molecular weight is 212 g/mol. The summed E-state index contributed by atoms with van der Waals surface area (Å²) in [4.78, 5) is 0. The zero-order valence-corrected chi connectivity index (χ0v) is 8.47. The maximum Gasteiger partial charge on any atom is 0.0911 e. The normalized spacial score (nSPS) is 11.0. The van der Waals surface area contributed by atoms with Gasteiger partial charge in [0, 0.05) is 18.1 Å². The molecule has 0 saturated carbocycles. The molecule has 2 aromatic rings. The SMILES string of the molecule is FCCCn1ccc2cccc(Cl)c21. The van der Waals surface area contributed by atoms with Crippen molar-refractivity contribution < 1.29 is 4.39 Å². The van der Waals surface area contributed by atoms with Crippen molar-refractivity contribution in [2.24, 2.45) is 0 Å². The Balaban J connectivity index is 2.45. The van der Waals surface area contributed by atoms with Gasteiger partial charge in [-0.05, 0) is 18.6 Å². The van der Waals surface area contributed by atoms with E-state index in [4.69, 9.17) is 11.6 Å². The van der Waals surface area contributed by atoms with E-state index in [2.05, 4.69) is 0 Å². The van der Waals surface area contributed by atoms with Crippen LogP contribution in [0.25, 0.3) is 10.9 Å². The zero-order valence-electron chi connectivity index (χ0n) is 7.71. The lowest BCUT2D eigenvalue weighted by atomic mass is 10.2. The van der Waals surface area contributed by atoms with Gasteiger partial charge in [0.05, 0.1) is 17.2 Å². The van der Waals surface area contributed by atoms with Crippen molar-refractivity contribution in [2.75, 3.05) is 6.67 Å². The molecule has 0 fully saturated rings. The molecule has 0 unspecified atom stereocenters. The summed E-state index contributed by atoms with van der Waals surface area (Å²) in [5.41, 5.74) is 1.00. The van der Waals surface area contributed by atoms with Crippen LogP contribution in [0.2, 0.25) is 5.02 Å². The molecule has 0 spiro atoms. The number of hydrogen-bond acceptors (Lipinski definition) is 0. The largest absolute Gasteiger partial charge is 0.346 e. The first-order chi connectivity index (χ1) is 6.83. The molecule has 0 amide bonds. The van der Waals surface area contributed by atoms with E-state index in [1.807, 2.05) is 35.0 Å². The molecule has 74 valence electrons. The van der Waals surface area contributed by atoms with Gasteiger partial charge in [-0.15, -0.1) is 0 Å². The fourth-order valence-electron chi connectivity index (χ4n) is 1.63. The third-order valence-corrected chi connectivity index (χ3v) is 2.58. The number of alkyl halides is 1. The molecule has 0 aliphatic heterocycles. The standard InChI is InChI=1S/C11H11ClFN/c12-10-4-1-3-9-5-8-14(11(9)10)7-2-6-13/h1,3-5,8H,2,6-7H2. The Kier molecular flexibility index (Phi) is 2.73. The number of benzene rings is 1. The van der Waals surface area contributed by atoms with Gasteiger partial charge >= 0.3 is 0 Å². The fraction of sp³-hybridized carbons (Fsp3) is 0.273. The predicted octanol–water partition coefficient (Wildman–Crippen LogP) is 3.65. The van der Waals surface area contributed by atoms with Crippen molar-refractivity contribution in [1.82, 2.24) is 4.57 Å². The summed E-state index contributed by atoms with van der Waals surface area (Å²) in [6, 6.07) is 7.78. The van der Waals surface area contributed by atoms with Crippen LogP contribution in [0, 0.1) is 0 Å². The van der Waals surface area contributed by atoms with Crippen molar-refractivity contribution >= 4 is 22.5 Å². The molecule has 0 radical (unpaired) electrons. The summed E-state index contributed by atoms with van der Waals surface area (Å²) >= 11 is 6.07. The van der Waals surface area contributed by atoms with Crippen molar-refractivity contribution in [3.63, 3.8) is 0 Å². The number of aryl methyl sites for hydroxylation is 1. The Labute approximate surface area is 87.1 Å². The Morgan fingerprint density at radius 3 is 2.93 bits per heavy atom. The fourth-order valence-corrected chi connectivity index (χ4v) is 1.92. The number of nitrogens with zero attached hydrogens (tertiary/aromatic N) is 1. The highest BCUT2D eigenvalue weighted by atomic mass is 35.5. The second kappa shape index (κ2) is 4.01. The van der Waals surface area contributed by atoms with Crippen LogP contribution in [-0.2, 0) is 6.54 Å². The number of fused-ring (bicyclic) bond motifs is 1. The van der Waals surface area contributed by atoms with Crippen LogP contribution in [0.4, 0.5) is 4.39 Å². The predicted molar refractivity (Wildman–Crippen MR) is 57.5 cm³/mol. The van der Waals surface area contributed by atoms with E-state index in [0.29, 0.717) is 13.0 Å². The second-order valence-electron chi connectivity index (χ2n) is 3.23. The molecule has 0 aliphatic carbocycles. The maximum absolute atomic E-state index is 12.0. The monoisotopic (exact) mass is 211 g/mol. The van der Waals surface area contributed by atoms with E-state index in [1.165, 1.54) is 0 Å². The first kappa shape index (κ1) is 9.53. The van der Waals surface area contributed by atoms with E-state index >= 15 is 0 Å². The Morgan fingerprint density at radius 1 is 1.29 bits per heavy atom. The van der Waals surface area contributed by atoms with Crippen molar-refractivity contribution in [2.45, 2.75) is 13.0 Å². The maximum atomic E-state index is 12.0. The molecule has 1 aromatic carbocycles. The molecule has 0 aliphatic rings. The molecular formula is C11H11ClFN. The summed E-state index contributed by atoms with van der Waals surface area (Å²) < 4.78 is 14.0. The van der Waals surface area contributed by atoms with Gasteiger partial charge in [-0.1, -0.05) is 23.7 Å². The van der Waals surface area contributed by atoms with Crippen LogP contribution in [-0.4, -0.2) is 11.2 Å². The van der Waals surface area contributed by atoms with Crippen molar-refractivity contribution in [1.29, 1.82) is 0 Å². The molecule has 1 nitrogen and oxygen atoms in total. The van der Waals surface area contributed by atoms with Crippen LogP contribution < -0.4 is 0 Å². The zero-order chi connectivity index (χ0) is 9.97. The van der Waals surface area contributed by atoms with Crippen molar-refractivity contribution in [3.8, 4) is 0 Å². The van der Waals surface area contributed by atoms with Crippen LogP contribution in [0.1, 0.15) is 6.42 Å². The van der Waals surface area contributed by atoms with E-state index < -0.39 is 0 Å². The first-order valence-corrected chi connectivity index (χ1v) is 5.00. The quantitative estimate of drug-likeness (QED) is 0.730. The lowest BCUT2D eigenvalue weighted by molar-refractivity contribution is 0.450. The minimum atomic E-state index is -0.288. The number of aromatic nitrogens is 1. The lowest BCUT2D eigenvalue weighted by Gasteiger charge is -2.04. The van der Waals surface area contributed by atoms with Gasteiger partial charge in [0.25, 0.3) is 0 Å². The minimum absolute atomic E-state index is 0.288. The van der Waals surface area contributed by atoms with Crippen LogP contribution >= 0.6 is 11.6 Å². The molecule has 0 N–H and O–H groups in total. The molecule has 2 rings (SSSR count). The van der Waals surface area contributed by atoms with Gasteiger partial charge in [0.1, 0.15) is 0 Å². The molecule has 1 aromatic heterocycles. The van der Waals surface area contributed by atoms with Gasteiger partial charge in [-0.3, -0.25) is 4.39 Å². The van der Waals surface area contributed by atoms with E-state index in [0.717, 1.165) is 15.9 Å². The smallest absolute Gasteiger partial charge is 0.0911 e. The second-order valence-corrected chi connectivity index (χ2v) is 3.64. The molecule has 0 atom stereocenters. The number of hydrogen-bond donors (Lipinski definition) is 0. The highest BCUT2D eigenvalue weighted by Gasteiger charge is 2.03. The summed E-state index contributed by atoms with van der Waals surface area (Å²) in [7, 11) is 0. The van der Waals surface area contributed by atoms with E-state index in [1.54, 1.807) is 0 Å². The first-order valence-electron chi connectivity index (χ1n) is 4.62. The Morgan fingerprint density at radius 2 is 2.14 bits per heavy atom. The van der Waals surface area contributed by atoms with Crippen LogP contribution in [0.15, 0.2) is 30.5 Å². The molecule has 0 bridgehead atoms. The van der Waals surface area contributed by atoms with Gasteiger partial charge < -0.3 is 4.57 Å². The van der Waals surface area contributed by atoms with Crippen molar-refractivity contribution in [3.05, 3.63) is 35.5 Å². The van der Waals surface area contributed by atoms with Gasteiger partial charge in [-0.25, -0.2) is 0 Å².